The lowest BCUT2D eigenvalue weighted by atomic mass is 9.96. The molecule has 6 aromatic carbocycles. The average molecular weight is 1440 g/mol. The van der Waals surface area contributed by atoms with E-state index < -0.39 is 0 Å². The van der Waals surface area contributed by atoms with E-state index in [0.717, 1.165) is 160 Å². The van der Waals surface area contributed by atoms with Crippen LogP contribution in [0.5, 0.6) is 34.5 Å². The highest BCUT2D eigenvalue weighted by Crippen LogP contribution is 2.40. The van der Waals surface area contributed by atoms with E-state index in [1.165, 1.54) is 36.0 Å². The Hall–Kier alpha value is -10.5. The lowest BCUT2D eigenvalue weighted by molar-refractivity contribution is -0.134. The van der Waals surface area contributed by atoms with Gasteiger partial charge in [-0.15, -0.1) is 0 Å². The summed E-state index contributed by atoms with van der Waals surface area (Å²) in [5.74, 6) is 7.78. The monoisotopic (exact) mass is 1440 g/mol. The number of ether oxygens (including phenoxy) is 6. The zero-order valence-corrected chi connectivity index (χ0v) is 62.2. The molecule has 3 saturated heterocycles. The number of rotatable bonds is 25. The molecule has 6 heterocycles. The maximum Gasteiger partial charge on any atom is 0.230 e. The molecule has 2 N–H and O–H groups in total. The Morgan fingerprint density at radius 2 is 0.877 bits per heavy atom. The first-order valence-electron chi connectivity index (χ1n) is 37.9. The second kappa shape index (κ2) is 35.5. The number of nitrogens with zero attached hydrogens (tertiary/aromatic N) is 10. The predicted molar refractivity (Wildman–Crippen MR) is 409 cm³/mol. The number of anilines is 3. The highest BCUT2D eigenvalue weighted by atomic mass is 16.5. The fourth-order valence-corrected chi connectivity index (χ4v) is 14.6. The minimum Gasteiger partial charge on any atom is -0.493 e. The Morgan fingerprint density at radius 3 is 1.21 bits per heavy atom. The highest BCUT2D eigenvalue weighted by Gasteiger charge is 2.36. The normalized spacial score (nSPS) is 18.3. The molecule has 6 aliphatic rings. The van der Waals surface area contributed by atoms with Crippen molar-refractivity contribution in [2.24, 2.45) is 0 Å². The lowest BCUT2D eigenvalue weighted by Gasteiger charge is -2.43. The van der Waals surface area contributed by atoms with Crippen molar-refractivity contribution >= 4 is 34.8 Å². The van der Waals surface area contributed by atoms with Gasteiger partial charge in [-0.25, -0.2) is 9.97 Å². The fourth-order valence-electron chi connectivity index (χ4n) is 14.6. The van der Waals surface area contributed by atoms with Gasteiger partial charge in [0.15, 0.2) is 46.2 Å². The Bertz CT molecular complexity index is 4280. The van der Waals surface area contributed by atoms with Gasteiger partial charge in [0.25, 0.3) is 0 Å². The van der Waals surface area contributed by atoms with Gasteiger partial charge in [-0.1, -0.05) is 105 Å². The van der Waals surface area contributed by atoms with Gasteiger partial charge < -0.3 is 62.2 Å². The number of hydrogen-bond acceptors (Lipinski definition) is 17. The van der Waals surface area contributed by atoms with E-state index in [0.29, 0.717) is 43.5 Å². The van der Waals surface area contributed by atoms with Crippen LogP contribution in [0, 0.1) is 6.92 Å². The van der Waals surface area contributed by atoms with E-state index in [-0.39, 0.29) is 72.9 Å². The molecule has 3 aliphatic carbocycles. The maximum absolute atomic E-state index is 13.5. The number of methoxy groups -OCH3 is 3. The number of carbonyl (C=O) groups is 3. The number of amides is 3. The SMILES string of the molecule is COc1ccc(N2CCN(C(=O)Cc3cn[nH]c3)[C@@H](Cc3ccccc3)C2)cc1OC1CCC1.COc1ccc(N2CCN(C(=O)Cc3cnc(C)o3)[C@@H](Cc3ccccc3)C2)cc1OC1CCC1.COc1ccc(N2CCN(C(=O)Cc3nc(C(C)C)n[nH]3)C(Cc3ccccc3)C2)cc1OC1CCC1. The van der Waals surface area contributed by atoms with E-state index in [1.807, 2.05) is 77.1 Å². The summed E-state index contributed by atoms with van der Waals surface area (Å²) in [5, 5.41) is 14.0. The van der Waals surface area contributed by atoms with Gasteiger partial charge in [0.05, 0.1) is 89.4 Å². The standard InChI is InChI=1S/C29H37N5O3.C28H33N3O4.C27H32N4O3/c1-20(2)29-30-27(31-32-29)18-28(35)34-15-14-33(19-23(34)16-21-8-5-4-6-9-21)22-12-13-25(36-3)26(17-22)37-24-10-7-11-24;1-20-29-18-25(34-20)17-28(32)31-14-13-30(19-23(31)15-21-7-4-3-5-8-21)22-11-12-26(33-2)27(16-22)35-24-9-6-10-24;1-33-25-11-10-22(16-26(25)34-24-8-5-9-24)30-12-13-31(27(32)15-21-17-28-29-18-21)23(19-30)14-20-6-3-2-4-7-20/h4-6,8-9,12-13,17,20,23-24H,7,10-11,14-16,18-19H2,1-3H3,(H,30,31,32);3-5,7-8,11-12,16,18,23-24H,6,9-10,13-15,17,19H2,1-2H3;2-4,6-7,10-11,16-18,23-24H,5,8-9,12-15,19H2,1H3,(H,28,29)/t;2*23-/m.00/s1. The number of piperazine rings is 3. The summed E-state index contributed by atoms with van der Waals surface area (Å²) in [6, 6.07) is 49.8. The molecule has 3 aliphatic heterocycles. The zero-order chi connectivity index (χ0) is 73.3. The predicted octanol–water partition coefficient (Wildman–Crippen LogP) is 12.6. The van der Waals surface area contributed by atoms with Gasteiger partial charge >= 0.3 is 0 Å². The van der Waals surface area contributed by atoms with Crippen molar-refractivity contribution in [1.29, 1.82) is 0 Å². The number of benzene rings is 6. The molecule has 3 atom stereocenters. The van der Waals surface area contributed by atoms with Crippen molar-refractivity contribution in [3.8, 4) is 34.5 Å². The topological polar surface area (TPSA) is 222 Å². The molecule has 3 saturated carbocycles. The summed E-state index contributed by atoms with van der Waals surface area (Å²) in [5.41, 5.74) is 7.88. The first kappa shape index (κ1) is 73.8. The molecule has 9 aromatic rings. The molecule has 6 fully saturated rings. The van der Waals surface area contributed by atoms with E-state index in [2.05, 4.69) is 142 Å². The second-order valence-corrected chi connectivity index (χ2v) is 28.9. The minimum atomic E-state index is 0.0363. The molecule has 0 bridgehead atoms. The van der Waals surface area contributed by atoms with Crippen LogP contribution in [-0.2, 0) is 52.9 Å². The van der Waals surface area contributed by atoms with Crippen molar-refractivity contribution in [3.05, 3.63) is 210 Å². The lowest BCUT2D eigenvalue weighted by Crippen LogP contribution is -2.56. The fraction of sp³-hybridized carbons (Fsp3) is 0.440. The van der Waals surface area contributed by atoms with Crippen LogP contribution in [0.3, 0.4) is 0 Å². The van der Waals surface area contributed by atoms with Crippen LogP contribution in [0.1, 0.15) is 123 Å². The van der Waals surface area contributed by atoms with Crippen molar-refractivity contribution in [1.82, 2.24) is 45.1 Å². The molecule has 22 heteroatoms. The molecule has 0 spiro atoms. The Balaban J connectivity index is 0.000000141. The summed E-state index contributed by atoms with van der Waals surface area (Å²) >= 11 is 0. The van der Waals surface area contributed by atoms with E-state index in [4.69, 9.17) is 32.8 Å². The van der Waals surface area contributed by atoms with Crippen LogP contribution in [0.25, 0.3) is 0 Å². The van der Waals surface area contributed by atoms with Crippen LogP contribution in [-0.4, -0.2) is 179 Å². The van der Waals surface area contributed by atoms with Crippen LogP contribution in [0.4, 0.5) is 17.1 Å². The van der Waals surface area contributed by atoms with Crippen molar-refractivity contribution in [2.45, 2.75) is 159 Å². The minimum absolute atomic E-state index is 0.0363. The number of hydrogen-bond donors (Lipinski definition) is 2. The molecule has 22 nitrogen and oxygen atoms in total. The summed E-state index contributed by atoms with van der Waals surface area (Å²) in [4.78, 5) is 61.8. The molecular weight excluding hydrogens is 1340 g/mol. The van der Waals surface area contributed by atoms with E-state index in [1.54, 1.807) is 46.8 Å². The van der Waals surface area contributed by atoms with Gasteiger partial charge in [0, 0.05) is 113 Å². The second-order valence-electron chi connectivity index (χ2n) is 28.9. The summed E-state index contributed by atoms with van der Waals surface area (Å²) in [6.45, 7) is 12.4. The molecule has 3 aromatic heterocycles. The summed E-state index contributed by atoms with van der Waals surface area (Å²) in [7, 11) is 5.05. The summed E-state index contributed by atoms with van der Waals surface area (Å²) in [6.07, 6.45) is 19.5. The zero-order valence-electron chi connectivity index (χ0n) is 62.2. The quantitative estimate of drug-likeness (QED) is 0.0543. The number of aryl methyl sites for hydroxylation is 1. The first-order chi connectivity index (χ1) is 51.8. The third-order valence-electron chi connectivity index (χ3n) is 21.2. The third-order valence-corrected chi connectivity index (χ3v) is 21.2. The Morgan fingerprint density at radius 1 is 0.481 bits per heavy atom. The highest BCUT2D eigenvalue weighted by molar-refractivity contribution is 5.80. The van der Waals surface area contributed by atoms with Crippen molar-refractivity contribution in [2.75, 3.05) is 94.9 Å². The maximum atomic E-state index is 13.5. The van der Waals surface area contributed by atoms with Crippen LogP contribution < -0.4 is 43.1 Å². The molecule has 0 radical (unpaired) electrons. The van der Waals surface area contributed by atoms with Gasteiger partial charge in [0.2, 0.25) is 17.7 Å². The number of H-pyrrole nitrogens is 2. The van der Waals surface area contributed by atoms with Crippen LogP contribution >= 0.6 is 0 Å². The van der Waals surface area contributed by atoms with E-state index >= 15 is 0 Å². The van der Waals surface area contributed by atoms with Gasteiger partial charge in [-0.2, -0.15) is 10.2 Å². The van der Waals surface area contributed by atoms with Gasteiger partial charge in [-0.3, -0.25) is 24.6 Å². The summed E-state index contributed by atoms with van der Waals surface area (Å²) < 4.78 is 40.9. The molecule has 3 amide bonds. The molecule has 1 unspecified atom stereocenters. The van der Waals surface area contributed by atoms with Crippen molar-refractivity contribution in [3.63, 3.8) is 0 Å². The van der Waals surface area contributed by atoms with Gasteiger partial charge in [-0.05, 0) is 136 Å². The Kier molecular flexibility index (Phi) is 24.7. The average Bonchev–Trinajstić information content (AvgIpc) is 0.839. The number of nitrogens with one attached hydrogen (secondary N) is 2. The molecule has 15 rings (SSSR count). The Labute approximate surface area is 622 Å². The molecule has 558 valence electrons. The number of oxazole rings is 1. The van der Waals surface area contributed by atoms with Gasteiger partial charge in [0.1, 0.15) is 11.6 Å². The smallest absolute Gasteiger partial charge is 0.230 e. The van der Waals surface area contributed by atoms with Crippen molar-refractivity contribution < 1.29 is 47.2 Å². The number of aromatic amines is 2. The largest absolute Gasteiger partial charge is 0.493 e. The van der Waals surface area contributed by atoms with E-state index in [9.17, 15) is 14.4 Å². The van der Waals surface area contributed by atoms with Crippen LogP contribution in [0.15, 0.2) is 169 Å². The third kappa shape index (κ3) is 19.1. The molecule has 106 heavy (non-hydrogen) atoms. The first-order valence-corrected chi connectivity index (χ1v) is 37.9. The van der Waals surface area contributed by atoms with Crippen LogP contribution in [0.2, 0.25) is 0 Å². The number of carbonyl (C=O) groups excluding carboxylic acids is 3. The number of aromatic nitrogens is 6. The molecular formula is C84H102N12O10.